The number of rotatable bonds is 5. The molecule has 15 heavy (non-hydrogen) atoms. The van der Waals surface area contributed by atoms with E-state index < -0.39 is 10.0 Å². The van der Waals surface area contributed by atoms with Gasteiger partial charge in [-0.2, -0.15) is 0 Å². The van der Waals surface area contributed by atoms with Crippen molar-refractivity contribution in [1.82, 2.24) is 4.72 Å². The summed E-state index contributed by atoms with van der Waals surface area (Å²) in [5.41, 5.74) is 0. The maximum atomic E-state index is 11.6. The number of hydrogen-bond donors (Lipinski definition) is 1. The van der Waals surface area contributed by atoms with Gasteiger partial charge in [0.15, 0.2) is 0 Å². The highest BCUT2D eigenvalue weighted by Gasteiger charge is 2.36. The molecule has 0 spiro atoms. The van der Waals surface area contributed by atoms with Gasteiger partial charge in [0.05, 0.1) is 11.5 Å². The minimum Gasteiger partial charge on any atom is -0.469 e. The van der Waals surface area contributed by atoms with Crippen molar-refractivity contribution in [3.63, 3.8) is 0 Å². The molecular formula is C10H15NO3S. The molecule has 0 saturated heterocycles. The Kier molecular flexibility index (Phi) is 2.84. The Labute approximate surface area is 89.7 Å². The molecule has 2 rings (SSSR count). The van der Waals surface area contributed by atoms with E-state index in [2.05, 4.69) is 4.72 Å². The van der Waals surface area contributed by atoms with Crippen molar-refractivity contribution in [3.8, 4) is 0 Å². The van der Waals surface area contributed by atoms with Crippen LogP contribution in [0.4, 0.5) is 0 Å². The second-order valence-electron chi connectivity index (χ2n) is 4.05. The third-order valence-electron chi connectivity index (χ3n) is 2.42. The fraction of sp³-hybridized carbons (Fsp3) is 0.600. The molecule has 1 fully saturated rings. The lowest BCUT2D eigenvalue weighted by atomic mass is 10.2. The maximum absolute atomic E-state index is 11.6. The SMILES string of the molecule is CC(Cc1ccco1)NS(=O)(=O)C1CC1. The second-order valence-corrected chi connectivity index (χ2v) is 6.04. The molecule has 0 radical (unpaired) electrons. The number of hydrogen-bond acceptors (Lipinski definition) is 3. The van der Waals surface area contributed by atoms with Crippen LogP contribution in [0.3, 0.4) is 0 Å². The zero-order valence-electron chi connectivity index (χ0n) is 8.64. The minimum atomic E-state index is -3.08. The lowest BCUT2D eigenvalue weighted by Crippen LogP contribution is -2.36. The van der Waals surface area contributed by atoms with E-state index in [4.69, 9.17) is 4.42 Å². The fourth-order valence-electron chi connectivity index (χ4n) is 1.53. The van der Waals surface area contributed by atoms with Crippen LogP contribution in [0, 0.1) is 0 Å². The van der Waals surface area contributed by atoms with E-state index >= 15 is 0 Å². The Bertz CT molecular complexity index is 406. The van der Waals surface area contributed by atoms with Crippen LogP contribution < -0.4 is 4.72 Å². The zero-order valence-corrected chi connectivity index (χ0v) is 9.46. The maximum Gasteiger partial charge on any atom is 0.214 e. The molecule has 1 aliphatic rings. The molecule has 0 aromatic carbocycles. The van der Waals surface area contributed by atoms with E-state index in [1.807, 2.05) is 13.0 Å². The average molecular weight is 229 g/mol. The monoisotopic (exact) mass is 229 g/mol. The van der Waals surface area contributed by atoms with Crippen LogP contribution >= 0.6 is 0 Å². The summed E-state index contributed by atoms with van der Waals surface area (Å²) in [6.07, 6.45) is 3.78. The van der Waals surface area contributed by atoms with Gasteiger partial charge in [-0.15, -0.1) is 0 Å². The van der Waals surface area contributed by atoms with Crippen LogP contribution in [0.25, 0.3) is 0 Å². The molecule has 1 heterocycles. The molecule has 84 valence electrons. The third-order valence-corrected chi connectivity index (χ3v) is 4.50. The minimum absolute atomic E-state index is 0.109. The van der Waals surface area contributed by atoms with Gasteiger partial charge in [0.1, 0.15) is 5.76 Å². The number of furan rings is 1. The summed E-state index contributed by atoms with van der Waals surface area (Å²) in [6.45, 7) is 1.85. The van der Waals surface area contributed by atoms with Crippen LogP contribution in [0.15, 0.2) is 22.8 Å². The van der Waals surface area contributed by atoms with Crippen molar-refractivity contribution >= 4 is 10.0 Å². The molecule has 1 aromatic rings. The van der Waals surface area contributed by atoms with E-state index in [9.17, 15) is 8.42 Å². The predicted octanol–water partition coefficient (Wildman–Crippen LogP) is 1.29. The van der Waals surface area contributed by atoms with Crippen LogP contribution in [0.2, 0.25) is 0 Å². The third kappa shape index (κ3) is 2.82. The number of sulfonamides is 1. The molecular weight excluding hydrogens is 214 g/mol. The van der Waals surface area contributed by atoms with Gasteiger partial charge < -0.3 is 4.42 Å². The highest BCUT2D eigenvalue weighted by Crippen LogP contribution is 2.27. The highest BCUT2D eigenvalue weighted by atomic mass is 32.2. The highest BCUT2D eigenvalue weighted by molar-refractivity contribution is 7.90. The molecule has 4 nitrogen and oxygen atoms in total. The summed E-state index contributed by atoms with van der Waals surface area (Å²) in [5.74, 6) is 0.806. The van der Waals surface area contributed by atoms with Crippen molar-refractivity contribution in [1.29, 1.82) is 0 Å². The summed E-state index contributed by atoms with van der Waals surface area (Å²) in [6, 6.07) is 3.54. The molecule has 0 aliphatic heterocycles. The van der Waals surface area contributed by atoms with E-state index in [0.717, 1.165) is 18.6 Å². The van der Waals surface area contributed by atoms with Gasteiger partial charge in [-0.05, 0) is 31.9 Å². The van der Waals surface area contributed by atoms with Gasteiger partial charge in [-0.3, -0.25) is 0 Å². The van der Waals surface area contributed by atoms with Crippen LogP contribution in [0.5, 0.6) is 0 Å². The van der Waals surface area contributed by atoms with E-state index in [0.29, 0.717) is 6.42 Å². The van der Waals surface area contributed by atoms with Crippen molar-refractivity contribution in [3.05, 3.63) is 24.2 Å². The Hall–Kier alpha value is -0.810. The van der Waals surface area contributed by atoms with Gasteiger partial charge >= 0.3 is 0 Å². The fourth-order valence-corrected chi connectivity index (χ4v) is 3.12. The van der Waals surface area contributed by atoms with Gasteiger partial charge in [0.2, 0.25) is 10.0 Å². The van der Waals surface area contributed by atoms with E-state index in [1.54, 1.807) is 12.3 Å². The number of nitrogens with one attached hydrogen (secondary N) is 1. The standard InChI is InChI=1S/C10H15NO3S/c1-8(7-9-3-2-6-14-9)11-15(12,13)10-4-5-10/h2-3,6,8,10-11H,4-5,7H2,1H3. The van der Waals surface area contributed by atoms with Crippen LogP contribution in [-0.4, -0.2) is 19.7 Å². The molecule has 0 bridgehead atoms. The Morgan fingerprint density at radius 2 is 2.33 bits per heavy atom. The first-order valence-corrected chi connectivity index (χ1v) is 6.66. The molecule has 1 saturated carbocycles. The molecule has 1 aliphatic carbocycles. The van der Waals surface area contributed by atoms with E-state index in [-0.39, 0.29) is 11.3 Å². The quantitative estimate of drug-likeness (QED) is 0.827. The smallest absolute Gasteiger partial charge is 0.214 e. The van der Waals surface area contributed by atoms with Gasteiger partial charge in [0, 0.05) is 12.5 Å². The summed E-state index contributed by atoms with van der Waals surface area (Å²) in [4.78, 5) is 0. The van der Waals surface area contributed by atoms with Crippen molar-refractivity contribution < 1.29 is 12.8 Å². The Morgan fingerprint density at radius 1 is 1.60 bits per heavy atom. The van der Waals surface area contributed by atoms with E-state index in [1.165, 1.54) is 0 Å². The first-order chi connectivity index (χ1) is 7.08. The Morgan fingerprint density at radius 3 is 2.87 bits per heavy atom. The predicted molar refractivity (Wildman–Crippen MR) is 57.0 cm³/mol. The van der Waals surface area contributed by atoms with Gasteiger partial charge in [0.25, 0.3) is 0 Å². The summed E-state index contributed by atoms with van der Waals surface area (Å²) in [5, 5.41) is -0.156. The van der Waals surface area contributed by atoms with Crippen LogP contribution in [-0.2, 0) is 16.4 Å². The van der Waals surface area contributed by atoms with Crippen molar-refractivity contribution in [2.24, 2.45) is 0 Å². The molecule has 0 amide bonds. The topological polar surface area (TPSA) is 59.3 Å². The first-order valence-electron chi connectivity index (χ1n) is 5.11. The zero-order chi connectivity index (χ0) is 10.9. The molecule has 1 aromatic heterocycles. The van der Waals surface area contributed by atoms with Gasteiger partial charge in [-0.25, -0.2) is 13.1 Å². The summed E-state index contributed by atoms with van der Waals surface area (Å²) < 4.78 is 31.0. The average Bonchev–Trinajstić information content (AvgIpc) is 2.88. The normalized spacial score (nSPS) is 19.0. The molecule has 1 atom stereocenters. The lowest BCUT2D eigenvalue weighted by Gasteiger charge is -2.12. The lowest BCUT2D eigenvalue weighted by molar-refractivity contribution is 0.478. The van der Waals surface area contributed by atoms with Crippen molar-refractivity contribution in [2.45, 2.75) is 37.5 Å². The molecule has 5 heteroatoms. The van der Waals surface area contributed by atoms with Gasteiger partial charge in [-0.1, -0.05) is 0 Å². The van der Waals surface area contributed by atoms with Crippen LogP contribution in [0.1, 0.15) is 25.5 Å². The molecule has 1 N–H and O–H groups in total. The first kappa shape index (κ1) is 10.7. The Balaban J connectivity index is 1.89. The second kappa shape index (κ2) is 3.98. The summed E-state index contributed by atoms with van der Waals surface area (Å²) >= 11 is 0. The largest absolute Gasteiger partial charge is 0.469 e. The van der Waals surface area contributed by atoms with Crippen molar-refractivity contribution in [2.75, 3.05) is 0 Å². The molecule has 1 unspecified atom stereocenters. The summed E-state index contributed by atoms with van der Waals surface area (Å²) in [7, 11) is -3.08.